The Morgan fingerprint density at radius 1 is 1.31 bits per heavy atom. The van der Waals surface area contributed by atoms with Crippen LogP contribution < -0.4 is 10.6 Å². The lowest BCUT2D eigenvalue weighted by atomic mass is 10.2. The van der Waals surface area contributed by atoms with E-state index in [0.29, 0.717) is 13.0 Å². The standard InChI is InChI=1S/C11H22N2O3/c1-3-4-5-8-12-11(16)13-9(2)6-7-10(14)15/h9H,3-8H2,1-2H3,(H,14,15)(H2,12,13,16). The van der Waals surface area contributed by atoms with Gasteiger partial charge in [0.1, 0.15) is 0 Å². The second-order valence-corrected chi connectivity index (χ2v) is 3.94. The number of hydrogen-bond acceptors (Lipinski definition) is 2. The highest BCUT2D eigenvalue weighted by molar-refractivity contribution is 5.74. The molecular weight excluding hydrogens is 208 g/mol. The first kappa shape index (κ1) is 14.7. The van der Waals surface area contributed by atoms with Crippen LogP contribution in [0.1, 0.15) is 46.0 Å². The van der Waals surface area contributed by atoms with Crippen LogP contribution in [0.15, 0.2) is 0 Å². The number of carbonyl (C=O) groups excluding carboxylic acids is 1. The molecule has 0 saturated carbocycles. The molecule has 0 bridgehead atoms. The molecule has 94 valence electrons. The van der Waals surface area contributed by atoms with Crippen molar-refractivity contribution < 1.29 is 14.7 Å². The third-order valence-corrected chi connectivity index (χ3v) is 2.23. The molecule has 1 unspecified atom stereocenters. The number of amides is 2. The molecule has 0 fully saturated rings. The molecule has 0 aromatic heterocycles. The topological polar surface area (TPSA) is 78.4 Å². The molecule has 0 heterocycles. The molecule has 0 radical (unpaired) electrons. The molecule has 1 atom stereocenters. The molecule has 0 aromatic carbocycles. The van der Waals surface area contributed by atoms with Gasteiger partial charge in [-0.3, -0.25) is 4.79 Å². The van der Waals surface area contributed by atoms with Gasteiger partial charge in [0.2, 0.25) is 0 Å². The Bertz CT molecular complexity index is 219. The summed E-state index contributed by atoms with van der Waals surface area (Å²) in [6.07, 6.45) is 3.75. The Hall–Kier alpha value is -1.26. The fourth-order valence-corrected chi connectivity index (χ4v) is 1.26. The smallest absolute Gasteiger partial charge is 0.314 e. The summed E-state index contributed by atoms with van der Waals surface area (Å²) in [6, 6.07) is -0.323. The zero-order valence-corrected chi connectivity index (χ0v) is 10.1. The summed E-state index contributed by atoms with van der Waals surface area (Å²) in [4.78, 5) is 21.6. The Morgan fingerprint density at radius 2 is 2.00 bits per heavy atom. The van der Waals surface area contributed by atoms with Crippen LogP contribution in [-0.4, -0.2) is 29.7 Å². The third kappa shape index (κ3) is 9.30. The van der Waals surface area contributed by atoms with E-state index in [4.69, 9.17) is 5.11 Å². The molecule has 0 aliphatic carbocycles. The minimum Gasteiger partial charge on any atom is -0.481 e. The van der Waals surface area contributed by atoms with Crippen molar-refractivity contribution >= 4 is 12.0 Å². The summed E-state index contributed by atoms with van der Waals surface area (Å²) < 4.78 is 0. The van der Waals surface area contributed by atoms with Crippen molar-refractivity contribution in [1.82, 2.24) is 10.6 Å². The number of rotatable bonds is 8. The summed E-state index contributed by atoms with van der Waals surface area (Å²) >= 11 is 0. The van der Waals surface area contributed by atoms with Crippen LogP contribution in [0.5, 0.6) is 0 Å². The summed E-state index contributed by atoms with van der Waals surface area (Å²) in [5, 5.41) is 13.9. The quantitative estimate of drug-likeness (QED) is 0.556. The van der Waals surface area contributed by atoms with Crippen molar-refractivity contribution in [3.8, 4) is 0 Å². The normalized spacial score (nSPS) is 11.9. The van der Waals surface area contributed by atoms with Gasteiger partial charge in [0.25, 0.3) is 0 Å². The van der Waals surface area contributed by atoms with Gasteiger partial charge in [-0.1, -0.05) is 19.8 Å². The summed E-state index contributed by atoms with van der Waals surface area (Å²) in [6.45, 7) is 4.58. The molecule has 0 spiro atoms. The van der Waals surface area contributed by atoms with Gasteiger partial charge >= 0.3 is 12.0 Å². The average Bonchev–Trinajstić information content (AvgIpc) is 2.21. The number of unbranched alkanes of at least 4 members (excludes halogenated alkanes) is 2. The predicted molar refractivity (Wildman–Crippen MR) is 62.4 cm³/mol. The van der Waals surface area contributed by atoms with Crippen LogP contribution in [0.4, 0.5) is 4.79 Å². The predicted octanol–water partition coefficient (Wildman–Crippen LogP) is 1.73. The van der Waals surface area contributed by atoms with Gasteiger partial charge in [-0.15, -0.1) is 0 Å². The van der Waals surface area contributed by atoms with Gasteiger partial charge in [0.05, 0.1) is 0 Å². The van der Waals surface area contributed by atoms with Crippen LogP contribution in [-0.2, 0) is 4.79 Å². The Labute approximate surface area is 96.6 Å². The maximum absolute atomic E-state index is 11.3. The van der Waals surface area contributed by atoms with E-state index >= 15 is 0 Å². The van der Waals surface area contributed by atoms with Crippen LogP contribution in [0.25, 0.3) is 0 Å². The molecule has 0 aliphatic heterocycles. The number of hydrogen-bond donors (Lipinski definition) is 3. The summed E-state index contributed by atoms with van der Waals surface area (Å²) in [5.41, 5.74) is 0. The number of urea groups is 1. The first-order valence-corrected chi connectivity index (χ1v) is 5.82. The Kier molecular flexibility index (Phi) is 8.29. The molecule has 0 aliphatic rings. The minimum atomic E-state index is -0.836. The van der Waals surface area contributed by atoms with Crippen LogP contribution in [0, 0.1) is 0 Å². The van der Waals surface area contributed by atoms with Crippen LogP contribution in [0.3, 0.4) is 0 Å². The monoisotopic (exact) mass is 230 g/mol. The molecule has 0 rings (SSSR count). The van der Waals surface area contributed by atoms with E-state index in [1.807, 2.05) is 0 Å². The molecule has 0 saturated heterocycles. The van der Waals surface area contributed by atoms with Crippen molar-refractivity contribution in [3.05, 3.63) is 0 Å². The minimum absolute atomic E-state index is 0.0806. The van der Waals surface area contributed by atoms with Crippen molar-refractivity contribution in [2.45, 2.75) is 52.0 Å². The zero-order chi connectivity index (χ0) is 12.4. The molecular formula is C11H22N2O3. The SMILES string of the molecule is CCCCCNC(=O)NC(C)CCC(=O)O. The highest BCUT2D eigenvalue weighted by Crippen LogP contribution is 1.96. The van der Waals surface area contributed by atoms with Gasteiger partial charge in [-0.05, 0) is 19.8 Å². The van der Waals surface area contributed by atoms with Gasteiger partial charge < -0.3 is 15.7 Å². The zero-order valence-electron chi connectivity index (χ0n) is 10.1. The van der Waals surface area contributed by atoms with Crippen molar-refractivity contribution in [3.63, 3.8) is 0 Å². The maximum atomic E-state index is 11.3. The lowest BCUT2D eigenvalue weighted by Gasteiger charge is -2.13. The fourth-order valence-electron chi connectivity index (χ4n) is 1.26. The Morgan fingerprint density at radius 3 is 2.56 bits per heavy atom. The maximum Gasteiger partial charge on any atom is 0.314 e. The van der Waals surface area contributed by atoms with E-state index in [-0.39, 0.29) is 18.5 Å². The number of carboxylic acid groups (broad SMARTS) is 1. The number of aliphatic carboxylic acids is 1. The molecule has 5 nitrogen and oxygen atoms in total. The van der Waals surface area contributed by atoms with Gasteiger partial charge in [-0.25, -0.2) is 4.79 Å². The largest absolute Gasteiger partial charge is 0.481 e. The third-order valence-electron chi connectivity index (χ3n) is 2.23. The summed E-state index contributed by atoms with van der Waals surface area (Å²) in [7, 11) is 0. The van der Waals surface area contributed by atoms with Crippen LogP contribution in [0.2, 0.25) is 0 Å². The van der Waals surface area contributed by atoms with Crippen molar-refractivity contribution in [2.24, 2.45) is 0 Å². The van der Waals surface area contributed by atoms with Crippen molar-refractivity contribution in [1.29, 1.82) is 0 Å². The first-order chi connectivity index (χ1) is 7.56. The lowest BCUT2D eigenvalue weighted by Crippen LogP contribution is -2.41. The van der Waals surface area contributed by atoms with E-state index < -0.39 is 5.97 Å². The second kappa shape index (κ2) is 9.00. The van der Waals surface area contributed by atoms with Gasteiger partial charge in [-0.2, -0.15) is 0 Å². The van der Waals surface area contributed by atoms with E-state index in [1.165, 1.54) is 0 Å². The fraction of sp³-hybridized carbons (Fsp3) is 0.818. The molecule has 5 heteroatoms. The number of carbonyl (C=O) groups is 2. The van der Waals surface area contributed by atoms with Crippen LogP contribution >= 0.6 is 0 Å². The van der Waals surface area contributed by atoms with Crippen molar-refractivity contribution in [2.75, 3.05) is 6.54 Å². The lowest BCUT2D eigenvalue weighted by molar-refractivity contribution is -0.137. The molecule has 2 amide bonds. The first-order valence-electron chi connectivity index (χ1n) is 5.82. The summed E-state index contributed by atoms with van der Waals surface area (Å²) in [5.74, 6) is -0.836. The van der Waals surface area contributed by atoms with E-state index in [2.05, 4.69) is 17.6 Å². The van der Waals surface area contributed by atoms with Gasteiger partial charge in [0.15, 0.2) is 0 Å². The van der Waals surface area contributed by atoms with Gasteiger partial charge in [0, 0.05) is 19.0 Å². The highest BCUT2D eigenvalue weighted by Gasteiger charge is 2.08. The van der Waals surface area contributed by atoms with E-state index in [0.717, 1.165) is 19.3 Å². The number of carboxylic acids is 1. The van der Waals surface area contributed by atoms with E-state index in [9.17, 15) is 9.59 Å². The number of nitrogens with one attached hydrogen (secondary N) is 2. The molecule has 3 N–H and O–H groups in total. The van der Waals surface area contributed by atoms with E-state index in [1.54, 1.807) is 6.92 Å². The highest BCUT2D eigenvalue weighted by atomic mass is 16.4. The molecule has 0 aromatic rings. The molecule has 16 heavy (non-hydrogen) atoms. The average molecular weight is 230 g/mol. The Balaban J connectivity index is 3.50. The second-order valence-electron chi connectivity index (χ2n) is 3.94.